The molecule has 0 saturated carbocycles. The summed E-state index contributed by atoms with van der Waals surface area (Å²) in [4.78, 5) is 23.4. The maximum absolute atomic E-state index is 12.6. The molecule has 26 heavy (non-hydrogen) atoms. The van der Waals surface area contributed by atoms with E-state index in [9.17, 15) is 22.8 Å². The molecule has 0 spiro atoms. The van der Waals surface area contributed by atoms with Gasteiger partial charge < -0.3 is 11.1 Å². The van der Waals surface area contributed by atoms with E-state index in [4.69, 9.17) is 10.9 Å². The predicted octanol–water partition coefficient (Wildman–Crippen LogP) is 1.93. The second-order valence-electron chi connectivity index (χ2n) is 5.39. The van der Waals surface area contributed by atoms with Crippen molar-refractivity contribution in [2.24, 2.45) is 5.73 Å². The van der Waals surface area contributed by atoms with Crippen LogP contribution < -0.4 is 16.5 Å². The van der Waals surface area contributed by atoms with Crippen molar-refractivity contribution >= 4 is 11.8 Å². The molecule has 2 aromatic carbocycles. The number of hydrogen-bond donors (Lipinski definition) is 4. The third-order valence-electron chi connectivity index (χ3n) is 3.66. The number of rotatable bonds is 5. The zero-order valence-electron chi connectivity index (χ0n) is 13.4. The maximum atomic E-state index is 12.6. The van der Waals surface area contributed by atoms with Gasteiger partial charge in [0.2, 0.25) is 0 Å². The van der Waals surface area contributed by atoms with Crippen LogP contribution in [0.15, 0.2) is 48.5 Å². The Balaban J connectivity index is 2.12. The number of nitrogens with two attached hydrogens (primary N) is 1. The molecule has 2 rings (SSSR count). The topological polar surface area (TPSA) is 104 Å². The van der Waals surface area contributed by atoms with Gasteiger partial charge in [0.1, 0.15) is 6.04 Å². The van der Waals surface area contributed by atoms with Gasteiger partial charge in [0.25, 0.3) is 11.8 Å². The Hall–Kier alpha value is -2.91. The molecule has 0 aliphatic rings. The minimum absolute atomic E-state index is 0.207. The van der Waals surface area contributed by atoms with Crippen molar-refractivity contribution < 1.29 is 28.0 Å². The average Bonchev–Trinajstić information content (AvgIpc) is 2.64. The summed E-state index contributed by atoms with van der Waals surface area (Å²) in [5.41, 5.74) is 7.42. The maximum Gasteiger partial charge on any atom is 0.416 e. The molecule has 1 atom stereocenters. The van der Waals surface area contributed by atoms with E-state index in [1.165, 1.54) is 29.7 Å². The van der Waals surface area contributed by atoms with Gasteiger partial charge in [0.15, 0.2) is 0 Å². The van der Waals surface area contributed by atoms with Crippen molar-refractivity contribution in [1.29, 1.82) is 0 Å². The Morgan fingerprint density at radius 1 is 1.00 bits per heavy atom. The summed E-state index contributed by atoms with van der Waals surface area (Å²) in [6, 6.07) is 9.62. The van der Waals surface area contributed by atoms with Crippen LogP contribution >= 0.6 is 0 Å². The molecule has 2 amide bonds. The summed E-state index contributed by atoms with van der Waals surface area (Å²) in [5, 5.41) is 10.9. The molecule has 6 nitrogen and oxygen atoms in total. The van der Waals surface area contributed by atoms with Crippen LogP contribution in [0.3, 0.4) is 0 Å². The molecular weight excluding hydrogens is 351 g/mol. The molecule has 2 aromatic rings. The number of amides is 2. The standard InChI is InChI=1S/C17H16F3N3O3/c18-17(19,20)13-7-5-11(6-8-13)10-1-3-12(4-2-10)15(24)22-14(9-21)16(25)23-26/h1-8,14,26H,9,21H2,(H,22,24)(H,23,25)/t14-/m0/s1. The van der Waals surface area contributed by atoms with E-state index in [0.29, 0.717) is 11.1 Å². The Morgan fingerprint density at radius 3 is 1.92 bits per heavy atom. The summed E-state index contributed by atoms with van der Waals surface area (Å²) in [6.45, 7) is -0.207. The largest absolute Gasteiger partial charge is 0.416 e. The van der Waals surface area contributed by atoms with Crippen molar-refractivity contribution in [2.75, 3.05) is 6.54 Å². The van der Waals surface area contributed by atoms with Crippen LogP contribution in [0.25, 0.3) is 11.1 Å². The Labute approximate surface area is 146 Å². The van der Waals surface area contributed by atoms with Crippen LogP contribution in [0.4, 0.5) is 13.2 Å². The molecule has 0 radical (unpaired) electrons. The third kappa shape index (κ3) is 4.58. The summed E-state index contributed by atoms with van der Waals surface area (Å²) in [5.74, 6) is -1.43. The molecule has 0 aromatic heterocycles. The Bertz CT molecular complexity index is 775. The molecule has 0 unspecified atom stereocenters. The van der Waals surface area contributed by atoms with Gasteiger partial charge in [-0.25, -0.2) is 5.48 Å². The molecule has 0 fully saturated rings. The first-order valence-electron chi connectivity index (χ1n) is 7.49. The van der Waals surface area contributed by atoms with Gasteiger partial charge in [0, 0.05) is 12.1 Å². The lowest BCUT2D eigenvalue weighted by Gasteiger charge is -2.14. The second-order valence-corrected chi connectivity index (χ2v) is 5.39. The molecule has 0 aliphatic heterocycles. The molecule has 0 saturated heterocycles. The van der Waals surface area contributed by atoms with Crippen LogP contribution in [-0.4, -0.2) is 29.6 Å². The van der Waals surface area contributed by atoms with E-state index >= 15 is 0 Å². The van der Waals surface area contributed by atoms with Gasteiger partial charge in [0.05, 0.1) is 5.56 Å². The highest BCUT2D eigenvalue weighted by atomic mass is 19.4. The first kappa shape index (κ1) is 19.4. The van der Waals surface area contributed by atoms with Crippen molar-refractivity contribution in [3.8, 4) is 11.1 Å². The SMILES string of the molecule is NC[C@H](NC(=O)c1ccc(-c2ccc(C(F)(F)F)cc2)cc1)C(=O)NO. The first-order valence-corrected chi connectivity index (χ1v) is 7.49. The molecular formula is C17H16F3N3O3. The average molecular weight is 367 g/mol. The quantitative estimate of drug-likeness (QED) is 0.479. The summed E-state index contributed by atoms with van der Waals surface area (Å²) >= 11 is 0. The van der Waals surface area contributed by atoms with Crippen LogP contribution in [0, 0.1) is 0 Å². The highest BCUT2D eigenvalue weighted by molar-refractivity contribution is 5.97. The van der Waals surface area contributed by atoms with E-state index in [1.54, 1.807) is 12.1 Å². The number of hydroxylamine groups is 1. The number of benzene rings is 2. The Kier molecular flexibility index (Phi) is 5.96. The summed E-state index contributed by atoms with van der Waals surface area (Å²) in [7, 11) is 0. The molecule has 0 bridgehead atoms. The number of carbonyl (C=O) groups excluding carboxylic acids is 2. The van der Waals surface area contributed by atoms with Crippen molar-refractivity contribution in [3.05, 3.63) is 59.7 Å². The van der Waals surface area contributed by atoms with Gasteiger partial charge in [-0.3, -0.25) is 14.8 Å². The predicted molar refractivity (Wildman–Crippen MR) is 87.1 cm³/mol. The number of hydrogen-bond acceptors (Lipinski definition) is 4. The number of alkyl halides is 3. The number of halogens is 3. The first-order chi connectivity index (χ1) is 12.3. The van der Waals surface area contributed by atoms with Gasteiger partial charge >= 0.3 is 6.18 Å². The second kappa shape index (κ2) is 7.98. The fraction of sp³-hybridized carbons (Fsp3) is 0.176. The van der Waals surface area contributed by atoms with Crippen LogP contribution in [0.5, 0.6) is 0 Å². The van der Waals surface area contributed by atoms with Crippen LogP contribution in [-0.2, 0) is 11.0 Å². The van der Waals surface area contributed by atoms with E-state index in [1.807, 2.05) is 0 Å². The highest BCUT2D eigenvalue weighted by Gasteiger charge is 2.30. The lowest BCUT2D eigenvalue weighted by molar-refractivity contribution is -0.137. The van der Waals surface area contributed by atoms with Crippen molar-refractivity contribution in [3.63, 3.8) is 0 Å². The number of carbonyl (C=O) groups is 2. The smallest absolute Gasteiger partial charge is 0.339 e. The van der Waals surface area contributed by atoms with Crippen molar-refractivity contribution in [1.82, 2.24) is 10.8 Å². The number of nitrogens with one attached hydrogen (secondary N) is 2. The highest BCUT2D eigenvalue weighted by Crippen LogP contribution is 2.31. The lowest BCUT2D eigenvalue weighted by atomic mass is 10.0. The fourth-order valence-electron chi connectivity index (χ4n) is 2.22. The van der Waals surface area contributed by atoms with Gasteiger partial charge in [-0.1, -0.05) is 24.3 Å². The minimum Gasteiger partial charge on any atom is -0.339 e. The van der Waals surface area contributed by atoms with Gasteiger partial charge in [-0.05, 0) is 35.4 Å². The summed E-state index contributed by atoms with van der Waals surface area (Å²) < 4.78 is 37.7. The monoisotopic (exact) mass is 367 g/mol. The zero-order chi connectivity index (χ0) is 19.3. The van der Waals surface area contributed by atoms with E-state index < -0.39 is 29.6 Å². The van der Waals surface area contributed by atoms with E-state index in [2.05, 4.69) is 5.32 Å². The van der Waals surface area contributed by atoms with Crippen LogP contribution in [0.2, 0.25) is 0 Å². The molecule has 9 heteroatoms. The van der Waals surface area contributed by atoms with Gasteiger partial charge in [-0.2, -0.15) is 13.2 Å². The zero-order valence-corrected chi connectivity index (χ0v) is 13.4. The Morgan fingerprint density at radius 2 is 1.50 bits per heavy atom. The minimum atomic E-state index is -4.40. The molecule has 0 aliphatic carbocycles. The third-order valence-corrected chi connectivity index (χ3v) is 3.66. The van der Waals surface area contributed by atoms with Crippen LogP contribution in [0.1, 0.15) is 15.9 Å². The molecule has 5 N–H and O–H groups in total. The molecule has 0 heterocycles. The van der Waals surface area contributed by atoms with Crippen molar-refractivity contribution in [2.45, 2.75) is 12.2 Å². The van der Waals surface area contributed by atoms with E-state index in [-0.39, 0.29) is 12.1 Å². The molecule has 138 valence electrons. The summed E-state index contributed by atoms with van der Waals surface area (Å²) in [6.07, 6.45) is -4.40. The lowest BCUT2D eigenvalue weighted by Crippen LogP contribution is -2.50. The van der Waals surface area contributed by atoms with Gasteiger partial charge in [-0.15, -0.1) is 0 Å². The van der Waals surface area contributed by atoms with E-state index in [0.717, 1.165) is 12.1 Å². The normalized spacial score (nSPS) is 12.3. The fourth-order valence-corrected chi connectivity index (χ4v) is 2.22.